The van der Waals surface area contributed by atoms with E-state index in [-0.39, 0.29) is 5.56 Å². The van der Waals surface area contributed by atoms with Crippen molar-refractivity contribution in [3.05, 3.63) is 46.8 Å². The maximum absolute atomic E-state index is 12.6. The lowest BCUT2D eigenvalue weighted by Gasteiger charge is -2.14. The van der Waals surface area contributed by atoms with Crippen molar-refractivity contribution in [1.82, 2.24) is 9.97 Å². The number of hydrogen-bond donors (Lipinski definition) is 1. The summed E-state index contributed by atoms with van der Waals surface area (Å²) in [6, 6.07) is 11.0. The van der Waals surface area contributed by atoms with Crippen LogP contribution in [0, 0.1) is 0 Å². The van der Waals surface area contributed by atoms with Gasteiger partial charge in [-0.1, -0.05) is 18.2 Å². The second kappa shape index (κ2) is 6.11. The minimum Gasteiger partial charge on any atom is -0.493 e. The lowest BCUT2D eigenvalue weighted by Crippen LogP contribution is -2.11. The van der Waals surface area contributed by atoms with E-state index in [1.165, 1.54) is 21.3 Å². The summed E-state index contributed by atoms with van der Waals surface area (Å²) < 4.78 is 21.9. The third-order valence-electron chi connectivity index (χ3n) is 4.16. The van der Waals surface area contributed by atoms with Crippen molar-refractivity contribution >= 4 is 21.9 Å². The maximum atomic E-state index is 12.6. The zero-order valence-corrected chi connectivity index (χ0v) is 14.5. The molecule has 7 nitrogen and oxygen atoms in total. The quantitative estimate of drug-likeness (QED) is 0.606. The monoisotopic (exact) mass is 352 g/mol. The van der Waals surface area contributed by atoms with Crippen LogP contribution in [0.2, 0.25) is 0 Å². The number of rotatable bonds is 4. The van der Waals surface area contributed by atoms with Gasteiger partial charge in [0.2, 0.25) is 5.75 Å². The van der Waals surface area contributed by atoms with E-state index in [4.69, 9.17) is 18.6 Å². The number of H-pyrrole nitrogens is 1. The molecule has 0 saturated heterocycles. The van der Waals surface area contributed by atoms with Gasteiger partial charge in [0.1, 0.15) is 11.1 Å². The fraction of sp³-hybridized carbons (Fsp3) is 0.158. The summed E-state index contributed by atoms with van der Waals surface area (Å²) in [7, 11) is 4.48. The number of fused-ring (bicyclic) bond motifs is 2. The predicted octanol–water partition coefficient (Wildman–Crippen LogP) is 3.36. The maximum Gasteiger partial charge on any atom is 0.259 e. The Kier molecular flexibility index (Phi) is 3.76. The summed E-state index contributed by atoms with van der Waals surface area (Å²) in [5, 5.41) is 1.25. The van der Waals surface area contributed by atoms with E-state index in [2.05, 4.69) is 9.97 Å². The predicted molar refractivity (Wildman–Crippen MR) is 97.2 cm³/mol. The smallest absolute Gasteiger partial charge is 0.259 e. The molecule has 7 heteroatoms. The first-order chi connectivity index (χ1) is 12.7. The number of furan rings is 1. The number of aromatic nitrogens is 2. The highest BCUT2D eigenvalue weighted by Crippen LogP contribution is 2.42. The minimum atomic E-state index is -0.329. The van der Waals surface area contributed by atoms with Crippen LogP contribution in [0.1, 0.15) is 0 Å². The molecular formula is C19H16N2O5. The lowest BCUT2D eigenvalue weighted by molar-refractivity contribution is 0.327. The molecule has 4 rings (SSSR count). The van der Waals surface area contributed by atoms with Gasteiger partial charge in [-0.3, -0.25) is 4.79 Å². The highest BCUT2D eigenvalue weighted by molar-refractivity contribution is 5.90. The number of ether oxygens (including phenoxy) is 3. The summed E-state index contributed by atoms with van der Waals surface area (Å²) in [5.74, 6) is 1.85. The molecule has 1 N–H and O–H groups in total. The molecule has 0 aliphatic carbocycles. The van der Waals surface area contributed by atoms with Crippen molar-refractivity contribution in [2.45, 2.75) is 0 Å². The normalized spacial score (nSPS) is 11.0. The molecule has 0 spiro atoms. The molecule has 2 heterocycles. The molecule has 2 aromatic heterocycles. The third kappa shape index (κ3) is 2.36. The summed E-state index contributed by atoms with van der Waals surface area (Å²) in [6.07, 6.45) is 0. The molecule has 0 radical (unpaired) electrons. The van der Waals surface area contributed by atoms with E-state index < -0.39 is 0 Å². The number of aromatic amines is 1. The van der Waals surface area contributed by atoms with Gasteiger partial charge in [0.25, 0.3) is 5.56 Å². The molecule has 26 heavy (non-hydrogen) atoms. The Hall–Kier alpha value is -3.48. The first kappa shape index (κ1) is 16.0. The van der Waals surface area contributed by atoms with Crippen molar-refractivity contribution in [3.63, 3.8) is 0 Å². The number of nitrogens with one attached hydrogen (secondary N) is 1. The van der Waals surface area contributed by atoms with Gasteiger partial charge in [-0.05, 0) is 18.2 Å². The number of hydrogen-bond acceptors (Lipinski definition) is 6. The van der Waals surface area contributed by atoms with Crippen molar-refractivity contribution in [3.8, 4) is 28.8 Å². The average Bonchev–Trinajstić information content (AvgIpc) is 3.10. The summed E-state index contributed by atoms with van der Waals surface area (Å²) in [6.45, 7) is 0. The molecule has 0 amide bonds. The molecule has 0 saturated carbocycles. The number of methoxy groups -OCH3 is 3. The zero-order chi connectivity index (χ0) is 18.3. The van der Waals surface area contributed by atoms with Gasteiger partial charge in [0.05, 0.1) is 26.7 Å². The highest BCUT2D eigenvalue weighted by atomic mass is 16.5. The van der Waals surface area contributed by atoms with Crippen LogP contribution in [0.3, 0.4) is 0 Å². The van der Waals surface area contributed by atoms with Crippen LogP contribution in [0.15, 0.2) is 45.6 Å². The van der Waals surface area contributed by atoms with Crippen LogP contribution in [-0.4, -0.2) is 31.3 Å². The average molecular weight is 352 g/mol. The molecule has 0 fully saturated rings. The van der Waals surface area contributed by atoms with Crippen LogP contribution in [0.25, 0.3) is 33.5 Å². The van der Waals surface area contributed by atoms with Gasteiger partial charge in [0.15, 0.2) is 23.1 Å². The summed E-state index contributed by atoms with van der Waals surface area (Å²) >= 11 is 0. The zero-order valence-electron chi connectivity index (χ0n) is 14.5. The standard InChI is InChI=1S/C19H16N2O5/c1-23-13-9-11-15(17(25-3)16(13)24-2)20-18(21-19(11)22)14-8-10-6-4-5-7-12(10)26-14/h4-9H,1-3H3,(H,20,21,22). The van der Waals surface area contributed by atoms with Crippen LogP contribution in [0.5, 0.6) is 17.2 Å². The van der Waals surface area contributed by atoms with E-state index in [0.717, 1.165) is 5.39 Å². The topological polar surface area (TPSA) is 86.6 Å². The second-order valence-corrected chi connectivity index (χ2v) is 5.60. The Morgan fingerprint density at radius 2 is 1.77 bits per heavy atom. The molecule has 132 valence electrons. The van der Waals surface area contributed by atoms with Gasteiger partial charge >= 0.3 is 0 Å². The first-order valence-electron chi connectivity index (χ1n) is 7.88. The Morgan fingerprint density at radius 1 is 1.00 bits per heavy atom. The largest absolute Gasteiger partial charge is 0.493 e. The van der Waals surface area contributed by atoms with Crippen molar-refractivity contribution in [2.75, 3.05) is 21.3 Å². The van der Waals surface area contributed by atoms with Crippen LogP contribution >= 0.6 is 0 Å². The van der Waals surface area contributed by atoms with Crippen molar-refractivity contribution in [2.24, 2.45) is 0 Å². The summed E-state index contributed by atoms with van der Waals surface area (Å²) in [4.78, 5) is 19.9. The fourth-order valence-corrected chi connectivity index (χ4v) is 2.96. The van der Waals surface area contributed by atoms with Crippen LogP contribution in [0.4, 0.5) is 0 Å². The molecule has 0 atom stereocenters. The van der Waals surface area contributed by atoms with Gasteiger partial charge in [0, 0.05) is 5.39 Å². The van der Waals surface area contributed by atoms with Crippen molar-refractivity contribution in [1.29, 1.82) is 0 Å². The second-order valence-electron chi connectivity index (χ2n) is 5.60. The molecule has 0 unspecified atom stereocenters. The summed E-state index contributed by atoms with van der Waals surface area (Å²) in [5.41, 5.74) is 0.749. The van der Waals surface area contributed by atoms with Gasteiger partial charge in [-0.15, -0.1) is 0 Å². The Labute approximate surface area is 148 Å². The van der Waals surface area contributed by atoms with E-state index >= 15 is 0 Å². The van der Waals surface area contributed by atoms with E-state index in [9.17, 15) is 4.79 Å². The number of para-hydroxylation sites is 1. The third-order valence-corrected chi connectivity index (χ3v) is 4.16. The fourth-order valence-electron chi connectivity index (χ4n) is 2.96. The van der Waals surface area contributed by atoms with E-state index in [0.29, 0.717) is 45.3 Å². The molecule has 0 bridgehead atoms. The number of nitrogens with zero attached hydrogens (tertiary/aromatic N) is 1. The lowest BCUT2D eigenvalue weighted by atomic mass is 10.2. The van der Waals surface area contributed by atoms with Gasteiger partial charge < -0.3 is 23.6 Å². The Morgan fingerprint density at radius 3 is 2.46 bits per heavy atom. The van der Waals surface area contributed by atoms with E-state index in [1.807, 2.05) is 30.3 Å². The molecule has 4 aromatic rings. The molecule has 2 aromatic carbocycles. The first-order valence-corrected chi connectivity index (χ1v) is 7.88. The highest BCUT2D eigenvalue weighted by Gasteiger charge is 2.20. The number of benzene rings is 2. The molecule has 0 aliphatic rings. The Bertz CT molecular complexity index is 1140. The molecular weight excluding hydrogens is 336 g/mol. The van der Waals surface area contributed by atoms with E-state index in [1.54, 1.807) is 6.07 Å². The van der Waals surface area contributed by atoms with Crippen LogP contribution in [-0.2, 0) is 0 Å². The van der Waals surface area contributed by atoms with Gasteiger partial charge in [-0.25, -0.2) is 4.98 Å². The van der Waals surface area contributed by atoms with Crippen molar-refractivity contribution < 1.29 is 18.6 Å². The SMILES string of the molecule is COc1cc2c(=O)[nH]c(-c3cc4ccccc4o3)nc2c(OC)c1OC. The van der Waals surface area contributed by atoms with Crippen LogP contribution < -0.4 is 19.8 Å². The molecule has 0 aliphatic heterocycles. The minimum absolute atomic E-state index is 0.309. The Balaban J connectivity index is 2.02. The van der Waals surface area contributed by atoms with Gasteiger partial charge in [-0.2, -0.15) is 0 Å².